The van der Waals surface area contributed by atoms with Crippen LogP contribution in [-0.2, 0) is 6.54 Å². The quantitative estimate of drug-likeness (QED) is 0.745. The molecule has 0 atom stereocenters. The molecule has 0 aromatic heterocycles. The van der Waals surface area contributed by atoms with Gasteiger partial charge in [0.25, 0.3) is 0 Å². The van der Waals surface area contributed by atoms with Crippen LogP contribution in [0.2, 0.25) is 0 Å². The van der Waals surface area contributed by atoms with Gasteiger partial charge >= 0.3 is 0 Å². The fourth-order valence-electron chi connectivity index (χ4n) is 2.15. The third-order valence-corrected chi connectivity index (χ3v) is 4.35. The van der Waals surface area contributed by atoms with E-state index in [1.165, 1.54) is 18.4 Å². The number of halogens is 1. The lowest BCUT2D eigenvalue weighted by atomic mass is 10.2. The van der Waals surface area contributed by atoms with Gasteiger partial charge in [-0.15, -0.1) is 0 Å². The van der Waals surface area contributed by atoms with Crippen LogP contribution < -0.4 is 10.1 Å². The van der Waals surface area contributed by atoms with Crippen LogP contribution in [0.25, 0.3) is 0 Å². The minimum absolute atomic E-state index is 0.736. The summed E-state index contributed by atoms with van der Waals surface area (Å²) >= 11 is 3.60. The minimum Gasteiger partial charge on any atom is -0.491 e. The van der Waals surface area contributed by atoms with E-state index >= 15 is 0 Å². The van der Waals surface area contributed by atoms with Crippen molar-refractivity contribution in [2.24, 2.45) is 0 Å². The summed E-state index contributed by atoms with van der Waals surface area (Å²) in [7, 11) is 0. The molecule has 1 aromatic carbocycles. The normalized spacial score (nSPS) is 14.8. The Labute approximate surface area is 130 Å². The molecule has 0 heterocycles. The van der Waals surface area contributed by atoms with Crippen LogP contribution in [0, 0.1) is 0 Å². The highest BCUT2D eigenvalue weighted by Crippen LogP contribution is 2.26. The predicted molar refractivity (Wildman–Crippen MR) is 87.3 cm³/mol. The lowest BCUT2D eigenvalue weighted by molar-refractivity contribution is 0.222. The van der Waals surface area contributed by atoms with Crippen molar-refractivity contribution in [3.05, 3.63) is 28.2 Å². The smallest absolute Gasteiger partial charge is 0.133 e. The Hall–Kier alpha value is -0.580. The van der Waals surface area contributed by atoms with Gasteiger partial charge in [-0.1, -0.05) is 19.9 Å². The summed E-state index contributed by atoms with van der Waals surface area (Å²) in [4.78, 5) is 2.36. The van der Waals surface area contributed by atoms with Gasteiger partial charge in [-0.3, -0.25) is 0 Å². The van der Waals surface area contributed by atoms with Crippen molar-refractivity contribution in [2.75, 3.05) is 26.2 Å². The number of nitrogens with zero attached hydrogens (tertiary/aromatic N) is 1. The molecule has 1 aliphatic rings. The monoisotopic (exact) mass is 340 g/mol. The molecular weight excluding hydrogens is 316 g/mol. The van der Waals surface area contributed by atoms with E-state index in [-0.39, 0.29) is 0 Å². The van der Waals surface area contributed by atoms with Crippen molar-refractivity contribution in [1.29, 1.82) is 0 Å². The minimum atomic E-state index is 0.736. The highest BCUT2D eigenvalue weighted by Gasteiger charge is 2.19. The summed E-state index contributed by atoms with van der Waals surface area (Å²) in [5, 5.41) is 3.52. The molecule has 2 rings (SSSR count). The van der Waals surface area contributed by atoms with Crippen molar-refractivity contribution < 1.29 is 4.74 Å². The predicted octanol–water partition coefficient (Wildman–Crippen LogP) is 3.42. The summed E-state index contributed by atoms with van der Waals surface area (Å²) in [6.45, 7) is 9.18. The number of rotatable bonds is 9. The molecule has 0 radical (unpaired) electrons. The van der Waals surface area contributed by atoms with Gasteiger partial charge in [0.2, 0.25) is 0 Å². The first-order chi connectivity index (χ1) is 9.72. The number of hydrogen-bond acceptors (Lipinski definition) is 3. The van der Waals surface area contributed by atoms with Crippen molar-refractivity contribution in [2.45, 2.75) is 39.3 Å². The van der Waals surface area contributed by atoms with E-state index in [2.05, 4.69) is 58.2 Å². The van der Waals surface area contributed by atoms with E-state index in [1.54, 1.807) is 0 Å². The van der Waals surface area contributed by atoms with Crippen molar-refractivity contribution in [3.8, 4) is 5.75 Å². The summed E-state index contributed by atoms with van der Waals surface area (Å²) in [5.74, 6) is 0.937. The fraction of sp³-hybridized carbons (Fsp3) is 0.625. The van der Waals surface area contributed by atoms with Gasteiger partial charge in [0.15, 0.2) is 0 Å². The van der Waals surface area contributed by atoms with Crippen molar-refractivity contribution >= 4 is 15.9 Å². The van der Waals surface area contributed by atoms with E-state index in [4.69, 9.17) is 4.74 Å². The number of hydrogen-bond donors (Lipinski definition) is 1. The Morgan fingerprint density at radius 1 is 1.30 bits per heavy atom. The lowest BCUT2D eigenvalue weighted by Crippen LogP contribution is -2.27. The van der Waals surface area contributed by atoms with Crippen LogP contribution in [-0.4, -0.2) is 37.2 Å². The van der Waals surface area contributed by atoms with Gasteiger partial charge in [0, 0.05) is 19.1 Å². The van der Waals surface area contributed by atoms with E-state index in [9.17, 15) is 0 Å². The Morgan fingerprint density at radius 3 is 2.65 bits per heavy atom. The van der Waals surface area contributed by atoms with Gasteiger partial charge in [-0.2, -0.15) is 0 Å². The maximum atomic E-state index is 5.85. The second kappa shape index (κ2) is 8.01. The number of ether oxygens (including phenoxy) is 1. The molecule has 112 valence electrons. The first-order valence-corrected chi connectivity index (χ1v) is 8.39. The Bertz CT molecular complexity index is 417. The zero-order valence-corrected chi connectivity index (χ0v) is 14.1. The molecule has 20 heavy (non-hydrogen) atoms. The molecule has 1 aliphatic carbocycles. The lowest BCUT2D eigenvalue weighted by Gasteiger charge is -2.18. The standard InChI is InChI=1S/C16H25BrN2O/c1-3-19(4-2)9-10-20-16-8-5-13(11-15(16)17)12-18-14-6-7-14/h5,8,11,14,18H,3-4,6-7,9-10,12H2,1-2H3. The molecule has 0 amide bonds. The zero-order valence-electron chi connectivity index (χ0n) is 12.5. The van der Waals surface area contributed by atoms with E-state index < -0.39 is 0 Å². The first kappa shape index (κ1) is 15.8. The molecule has 4 heteroatoms. The largest absolute Gasteiger partial charge is 0.491 e. The van der Waals surface area contributed by atoms with Crippen LogP contribution >= 0.6 is 15.9 Å². The number of nitrogens with one attached hydrogen (secondary N) is 1. The van der Waals surface area contributed by atoms with Gasteiger partial charge in [-0.05, 0) is 59.6 Å². The maximum Gasteiger partial charge on any atom is 0.133 e. The molecule has 1 N–H and O–H groups in total. The van der Waals surface area contributed by atoms with Crippen molar-refractivity contribution in [1.82, 2.24) is 10.2 Å². The fourth-order valence-corrected chi connectivity index (χ4v) is 2.69. The van der Waals surface area contributed by atoms with E-state index in [0.29, 0.717) is 0 Å². The summed E-state index contributed by atoms with van der Waals surface area (Å²) in [5.41, 5.74) is 1.31. The molecule has 3 nitrogen and oxygen atoms in total. The van der Waals surface area contributed by atoms with Gasteiger partial charge < -0.3 is 15.0 Å². The van der Waals surface area contributed by atoms with Crippen LogP contribution in [0.3, 0.4) is 0 Å². The molecular formula is C16H25BrN2O. The van der Waals surface area contributed by atoms with Crippen LogP contribution in [0.15, 0.2) is 22.7 Å². The Kier molecular flexibility index (Phi) is 6.33. The highest BCUT2D eigenvalue weighted by atomic mass is 79.9. The Morgan fingerprint density at radius 2 is 2.05 bits per heavy atom. The highest BCUT2D eigenvalue weighted by molar-refractivity contribution is 9.10. The van der Waals surface area contributed by atoms with Gasteiger partial charge in [0.1, 0.15) is 12.4 Å². The zero-order chi connectivity index (χ0) is 14.4. The number of benzene rings is 1. The van der Waals surface area contributed by atoms with Crippen LogP contribution in [0.5, 0.6) is 5.75 Å². The van der Waals surface area contributed by atoms with Crippen LogP contribution in [0.1, 0.15) is 32.3 Å². The summed E-state index contributed by atoms with van der Waals surface area (Å²) in [6.07, 6.45) is 2.65. The third kappa shape index (κ3) is 5.08. The molecule has 0 spiro atoms. The summed E-state index contributed by atoms with van der Waals surface area (Å²) < 4.78 is 6.90. The summed E-state index contributed by atoms with van der Waals surface area (Å²) in [6, 6.07) is 7.12. The van der Waals surface area contributed by atoms with Gasteiger partial charge in [-0.25, -0.2) is 0 Å². The van der Waals surface area contributed by atoms with E-state index in [0.717, 1.165) is 49.0 Å². The van der Waals surface area contributed by atoms with Crippen LogP contribution in [0.4, 0.5) is 0 Å². The molecule has 1 fully saturated rings. The first-order valence-electron chi connectivity index (χ1n) is 7.59. The third-order valence-electron chi connectivity index (χ3n) is 3.73. The maximum absolute atomic E-state index is 5.85. The average Bonchev–Trinajstić information content (AvgIpc) is 3.27. The van der Waals surface area contributed by atoms with E-state index in [1.807, 2.05) is 0 Å². The second-order valence-corrected chi connectivity index (χ2v) is 6.15. The topological polar surface area (TPSA) is 24.5 Å². The molecule has 1 aromatic rings. The molecule has 0 unspecified atom stereocenters. The Balaban J connectivity index is 1.79. The SMILES string of the molecule is CCN(CC)CCOc1ccc(CNC2CC2)cc1Br. The van der Waals surface area contributed by atoms with Gasteiger partial charge in [0.05, 0.1) is 4.47 Å². The van der Waals surface area contributed by atoms with Crippen molar-refractivity contribution in [3.63, 3.8) is 0 Å². The molecule has 0 bridgehead atoms. The molecule has 0 saturated heterocycles. The molecule has 0 aliphatic heterocycles. The number of likely N-dealkylation sites (N-methyl/N-ethyl adjacent to an activating group) is 1. The molecule has 1 saturated carbocycles. The average molecular weight is 341 g/mol. The second-order valence-electron chi connectivity index (χ2n) is 5.30.